The van der Waals surface area contributed by atoms with Gasteiger partial charge in [0.15, 0.2) is 0 Å². The van der Waals surface area contributed by atoms with E-state index in [4.69, 9.17) is 5.73 Å². The van der Waals surface area contributed by atoms with Crippen LogP contribution < -0.4 is 5.73 Å². The molecule has 0 saturated heterocycles. The molecule has 15 heavy (non-hydrogen) atoms. The molecule has 2 N–H and O–H groups in total. The van der Waals surface area contributed by atoms with Crippen LogP contribution >= 0.6 is 0 Å². The topological polar surface area (TPSA) is 26.0 Å². The Labute approximate surface area is 92.3 Å². The zero-order valence-electron chi connectivity index (χ0n) is 9.85. The largest absolute Gasteiger partial charge is 0.398 e. The number of benzene rings is 1. The molecule has 0 aromatic heterocycles. The molecule has 0 atom stereocenters. The van der Waals surface area contributed by atoms with E-state index in [1.165, 1.54) is 5.56 Å². The first-order chi connectivity index (χ1) is 6.97. The Morgan fingerprint density at radius 1 is 1.13 bits per heavy atom. The van der Waals surface area contributed by atoms with Gasteiger partial charge in [-0.05, 0) is 49.1 Å². The second kappa shape index (κ2) is 4.35. The summed E-state index contributed by atoms with van der Waals surface area (Å²) in [5.74, 6) is 0. The Morgan fingerprint density at radius 2 is 1.53 bits per heavy atom. The molecular formula is C14H19N. The first-order valence-corrected chi connectivity index (χ1v) is 5.21. The van der Waals surface area contributed by atoms with Gasteiger partial charge in [-0.2, -0.15) is 0 Å². The van der Waals surface area contributed by atoms with Gasteiger partial charge in [-0.15, -0.1) is 0 Å². The molecule has 0 fully saturated rings. The summed E-state index contributed by atoms with van der Waals surface area (Å²) in [5, 5.41) is 0. The predicted molar refractivity (Wildman–Crippen MR) is 69.6 cm³/mol. The SMILES string of the molecule is C=C(C)c1cc(CC)cc(C(=C)C)c1N. The zero-order valence-corrected chi connectivity index (χ0v) is 9.85. The lowest BCUT2D eigenvalue weighted by Crippen LogP contribution is -1.99. The average molecular weight is 201 g/mol. The van der Waals surface area contributed by atoms with Gasteiger partial charge in [0.2, 0.25) is 0 Å². The fourth-order valence-corrected chi connectivity index (χ4v) is 1.62. The normalized spacial score (nSPS) is 10.1. The summed E-state index contributed by atoms with van der Waals surface area (Å²) in [4.78, 5) is 0. The third-order valence-electron chi connectivity index (χ3n) is 2.57. The fraction of sp³-hybridized carbons (Fsp3) is 0.286. The summed E-state index contributed by atoms with van der Waals surface area (Å²) in [6.07, 6.45) is 1.00. The van der Waals surface area contributed by atoms with Gasteiger partial charge in [0.05, 0.1) is 0 Å². The molecule has 0 aliphatic heterocycles. The van der Waals surface area contributed by atoms with Crippen LogP contribution in [0.2, 0.25) is 0 Å². The van der Waals surface area contributed by atoms with E-state index in [2.05, 4.69) is 32.2 Å². The van der Waals surface area contributed by atoms with E-state index in [9.17, 15) is 0 Å². The highest BCUT2D eigenvalue weighted by Gasteiger charge is 2.08. The number of rotatable bonds is 3. The minimum absolute atomic E-state index is 0.798. The van der Waals surface area contributed by atoms with Crippen molar-refractivity contribution in [3.8, 4) is 0 Å². The van der Waals surface area contributed by atoms with E-state index in [1.807, 2.05) is 13.8 Å². The Bertz CT molecular complexity index is 378. The van der Waals surface area contributed by atoms with Gasteiger partial charge in [0.1, 0.15) is 0 Å². The first kappa shape index (κ1) is 11.6. The summed E-state index contributed by atoms with van der Waals surface area (Å²) in [6, 6.07) is 4.23. The maximum atomic E-state index is 6.09. The van der Waals surface area contributed by atoms with E-state index in [0.29, 0.717) is 0 Å². The summed E-state index contributed by atoms with van der Waals surface area (Å²) in [7, 11) is 0. The smallest absolute Gasteiger partial charge is 0.0466 e. The van der Waals surface area contributed by atoms with Gasteiger partial charge < -0.3 is 5.73 Å². The van der Waals surface area contributed by atoms with Crippen molar-refractivity contribution in [2.75, 3.05) is 5.73 Å². The van der Waals surface area contributed by atoms with Crippen LogP contribution in [0, 0.1) is 0 Å². The molecule has 0 bridgehead atoms. The molecule has 1 rings (SSSR count). The molecule has 0 spiro atoms. The molecular weight excluding hydrogens is 182 g/mol. The number of hydrogen-bond acceptors (Lipinski definition) is 1. The number of aryl methyl sites for hydroxylation is 1. The van der Waals surface area contributed by atoms with E-state index >= 15 is 0 Å². The van der Waals surface area contributed by atoms with Gasteiger partial charge >= 0.3 is 0 Å². The van der Waals surface area contributed by atoms with Crippen molar-refractivity contribution in [1.29, 1.82) is 0 Å². The molecule has 1 nitrogen and oxygen atoms in total. The molecule has 1 aromatic carbocycles. The van der Waals surface area contributed by atoms with Crippen LogP contribution in [0.1, 0.15) is 37.5 Å². The van der Waals surface area contributed by atoms with Crippen LogP contribution in [-0.4, -0.2) is 0 Å². The lowest BCUT2D eigenvalue weighted by molar-refractivity contribution is 1.13. The van der Waals surface area contributed by atoms with E-state index in [-0.39, 0.29) is 0 Å². The lowest BCUT2D eigenvalue weighted by atomic mass is 9.95. The maximum absolute atomic E-state index is 6.09. The van der Waals surface area contributed by atoms with Crippen LogP contribution in [0.4, 0.5) is 5.69 Å². The van der Waals surface area contributed by atoms with Gasteiger partial charge in [-0.1, -0.05) is 20.1 Å². The number of nitrogens with two attached hydrogens (primary N) is 1. The molecule has 0 radical (unpaired) electrons. The Kier molecular flexibility index (Phi) is 3.35. The summed E-state index contributed by atoms with van der Waals surface area (Å²) in [5.41, 5.74) is 12.3. The molecule has 0 aliphatic rings. The minimum atomic E-state index is 0.798. The molecule has 80 valence electrons. The summed E-state index contributed by atoms with van der Waals surface area (Å²) < 4.78 is 0. The third-order valence-corrected chi connectivity index (χ3v) is 2.57. The third kappa shape index (κ3) is 2.30. The second-order valence-electron chi connectivity index (χ2n) is 4.02. The van der Waals surface area contributed by atoms with Crippen LogP contribution in [0.15, 0.2) is 25.3 Å². The van der Waals surface area contributed by atoms with Crippen LogP contribution in [0.3, 0.4) is 0 Å². The molecule has 0 heterocycles. The Balaban J connectivity index is 3.47. The molecule has 1 heteroatoms. The van der Waals surface area contributed by atoms with Crippen LogP contribution in [0.5, 0.6) is 0 Å². The predicted octanol–water partition coefficient (Wildman–Crippen LogP) is 3.90. The fourth-order valence-electron chi connectivity index (χ4n) is 1.62. The Hall–Kier alpha value is -1.50. The molecule has 0 aliphatic carbocycles. The monoisotopic (exact) mass is 201 g/mol. The van der Waals surface area contributed by atoms with E-state index in [1.54, 1.807) is 0 Å². The highest BCUT2D eigenvalue weighted by atomic mass is 14.6. The number of anilines is 1. The highest BCUT2D eigenvalue weighted by molar-refractivity contribution is 5.83. The molecule has 0 unspecified atom stereocenters. The Morgan fingerprint density at radius 3 is 1.80 bits per heavy atom. The van der Waals surface area contributed by atoms with Crippen LogP contribution in [0.25, 0.3) is 11.1 Å². The van der Waals surface area contributed by atoms with Crippen molar-refractivity contribution in [2.24, 2.45) is 0 Å². The molecule has 1 aromatic rings. The van der Waals surface area contributed by atoms with Crippen molar-refractivity contribution in [1.82, 2.24) is 0 Å². The summed E-state index contributed by atoms with van der Waals surface area (Å²) in [6.45, 7) is 14.0. The van der Waals surface area contributed by atoms with Gasteiger partial charge in [-0.25, -0.2) is 0 Å². The number of allylic oxidation sites excluding steroid dienone is 2. The van der Waals surface area contributed by atoms with Crippen molar-refractivity contribution >= 4 is 16.8 Å². The first-order valence-electron chi connectivity index (χ1n) is 5.21. The molecule has 0 saturated carbocycles. The summed E-state index contributed by atoms with van der Waals surface area (Å²) >= 11 is 0. The lowest BCUT2D eigenvalue weighted by Gasteiger charge is -2.13. The van der Waals surface area contributed by atoms with Crippen molar-refractivity contribution in [3.63, 3.8) is 0 Å². The standard InChI is InChI=1S/C14H19N/c1-6-11-7-12(9(2)3)14(15)13(8-11)10(4)5/h7-8H,2,4,6,15H2,1,3,5H3. The number of hydrogen-bond donors (Lipinski definition) is 1. The van der Waals surface area contributed by atoms with Gasteiger partial charge in [-0.3, -0.25) is 0 Å². The quantitative estimate of drug-likeness (QED) is 0.737. The number of nitrogen functional groups attached to an aromatic ring is 1. The average Bonchev–Trinajstić information content (AvgIpc) is 2.17. The van der Waals surface area contributed by atoms with Crippen molar-refractivity contribution < 1.29 is 0 Å². The van der Waals surface area contributed by atoms with Crippen LogP contribution in [-0.2, 0) is 6.42 Å². The highest BCUT2D eigenvalue weighted by Crippen LogP contribution is 2.29. The second-order valence-corrected chi connectivity index (χ2v) is 4.02. The maximum Gasteiger partial charge on any atom is 0.0466 e. The van der Waals surface area contributed by atoms with Gasteiger partial charge in [0, 0.05) is 16.8 Å². The molecule has 0 amide bonds. The van der Waals surface area contributed by atoms with Crippen molar-refractivity contribution in [2.45, 2.75) is 27.2 Å². The van der Waals surface area contributed by atoms with Crippen molar-refractivity contribution in [3.05, 3.63) is 42.0 Å². The van der Waals surface area contributed by atoms with E-state index in [0.717, 1.165) is 34.4 Å². The van der Waals surface area contributed by atoms with E-state index < -0.39 is 0 Å². The minimum Gasteiger partial charge on any atom is -0.398 e. The van der Waals surface area contributed by atoms with Gasteiger partial charge in [0.25, 0.3) is 0 Å². The zero-order chi connectivity index (χ0) is 11.6.